The molecule has 1 atom stereocenters. The minimum absolute atomic E-state index is 0.126. The molecule has 3 rings (SSSR count). The van der Waals surface area contributed by atoms with Crippen LogP contribution in [0.3, 0.4) is 0 Å². The Morgan fingerprint density at radius 1 is 1.40 bits per heavy atom. The van der Waals surface area contributed by atoms with E-state index in [1.54, 1.807) is 0 Å². The number of aryl methyl sites for hydroxylation is 3. The summed E-state index contributed by atoms with van der Waals surface area (Å²) in [6, 6.07) is 2.07. The molecule has 2 aromatic rings. The molecule has 108 valence electrons. The molecule has 0 bridgehead atoms. The summed E-state index contributed by atoms with van der Waals surface area (Å²) in [5.74, 6) is 1.95. The zero-order valence-corrected chi connectivity index (χ0v) is 12.1. The van der Waals surface area contributed by atoms with Crippen molar-refractivity contribution in [3.63, 3.8) is 0 Å². The Morgan fingerprint density at radius 3 is 3.00 bits per heavy atom. The standard InChI is InChI=1S/C14H20N4O2/c1-9-4-12(20-11(9)3)5-15-6-13-7-18-14(8-19-13)10(2)16-17-18/h4,13,15H,5-8H2,1-3H3. The molecular formula is C14H20N4O2. The minimum Gasteiger partial charge on any atom is -0.465 e. The average molecular weight is 276 g/mol. The number of aromatic nitrogens is 3. The third-order valence-electron chi connectivity index (χ3n) is 3.75. The van der Waals surface area contributed by atoms with Crippen LogP contribution in [0.25, 0.3) is 0 Å². The second-order valence-corrected chi connectivity index (χ2v) is 5.32. The first-order valence-electron chi connectivity index (χ1n) is 6.90. The van der Waals surface area contributed by atoms with Crippen LogP contribution in [0, 0.1) is 20.8 Å². The fourth-order valence-corrected chi connectivity index (χ4v) is 2.40. The van der Waals surface area contributed by atoms with Gasteiger partial charge < -0.3 is 14.5 Å². The van der Waals surface area contributed by atoms with Gasteiger partial charge in [-0.2, -0.15) is 0 Å². The summed E-state index contributed by atoms with van der Waals surface area (Å²) in [4.78, 5) is 0. The molecule has 0 amide bonds. The maximum atomic E-state index is 5.82. The zero-order chi connectivity index (χ0) is 14.1. The van der Waals surface area contributed by atoms with Crippen molar-refractivity contribution in [2.45, 2.75) is 46.6 Å². The van der Waals surface area contributed by atoms with Crippen LogP contribution in [0.4, 0.5) is 0 Å². The summed E-state index contributed by atoms with van der Waals surface area (Å²) >= 11 is 0. The lowest BCUT2D eigenvalue weighted by atomic mass is 10.2. The number of rotatable bonds is 4. The zero-order valence-electron chi connectivity index (χ0n) is 12.1. The third-order valence-corrected chi connectivity index (χ3v) is 3.75. The average Bonchev–Trinajstić information content (AvgIpc) is 2.94. The van der Waals surface area contributed by atoms with E-state index in [1.807, 2.05) is 18.5 Å². The van der Waals surface area contributed by atoms with E-state index in [1.165, 1.54) is 5.56 Å². The van der Waals surface area contributed by atoms with Crippen LogP contribution in [0.5, 0.6) is 0 Å². The Morgan fingerprint density at radius 2 is 2.25 bits per heavy atom. The fourth-order valence-electron chi connectivity index (χ4n) is 2.40. The Bertz CT molecular complexity index is 583. The molecule has 0 aromatic carbocycles. The molecule has 0 fully saturated rings. The van der Waals surface area contributed by atoms with Crippen molar-refractivity contribution in [1.82, 2.24) is 20.3 Å². The summed E-state index contributed by atoms with van der Waals surface area (Å²) in [7, 11) is 0. The number of furan rings is 1. The Labute approximate surface area is 118 Å². The van der Waals surface area contributed by atoms with Crippen molar-refractivity contribution in [3.8, 4) is 0 Å². The van der Waals surface area contributed by atoms with Crippen LogP contribution in [0.2, 0.25) is 0 Å². The first kappa shape index (κ1) is 13.3. The van der Waals surface area contributed by atoms with Gasteiger partial charge in [-0.25, -0.2) is 4.68 Å². The lowest BCUT2D eigenvalue weighted by Crippen LogP contribution is -2.36. The van der Waals surface area contributed by atoms with E-state index in [4.69, 9.17) is 9.15 Å². The number of ether oxygens (including phenoxy) is 1. The van der Waals surface area contributed by atoms with E-state index in [2.05, 4.69) is 28.6 Å². The molecule has 1 aliphatic heterocycles. The molecule has 1 unspecified atom stereocenters. The van der Waals surface area contributed by atoms with Gasteiger partial charge in [-0.3, -0.25) is 0 Å². The predicted molar refractivity (Wildman–Crippen MR) is 73.2 cm³/mol. The van der Waals surface area contributed by atoms with E-state index in [-0.39, 0.29) is 6.10 Å². The molecule has 0 aliphatic carbocycles. The molecule has 0 saturated heterocycles. The van der Waals surface area contributed by atoms with E-state index in [9.17, 15) is 0 Å². The smallest absolute Gasteiger partial charge is 0.118 e. The Kier molecular flexibility index (Phi) is 3.58. The second-order valence-electron chi connectivity index (χ2n) is 5.32. The van der Waals surface area contributed by atoms with Gasteiger partial charge in [0.05, 0.1) is 37.2 Å². The second kappa shape index (κ2) is 5.38. The van der Waals surface area contributed by atoms with Crippen molar-refractivity contribution in [2.24, 2.45) is 0 Å². The van der Waals surface area contributed by atoms with Crippen LogP contribution in [0.15, 0.2) is 10.5 Å². The van der Waals surface area contributed by atoms with Gasteiger partial charge in [0, 0.05) is 6.54 Å². The lowest BCUT2D eigenvalue weighted by molar-refractivity contribution is 0.000499. The van der Waals surface area contributed by atoms with Crippen LogP contribution >= 0.6 is 0 Å². The van der Waals surface area contributed by atoms with Crippen molar-refractivity contribution in [1.29, 1.82) is 0 Å². The lowest BCUT2D eigenvalue weighted by Gasteiger charge is -2.24. The molecule has 0 radical (unpaired) electrons. The quantitative estimate of drug-likeness (QED) is 0.916. The van der Waals surface area contributed by atoms with E-state index < -0.39 is 0 Å². The van der Waals surface area contributed by atoms with Crippen molar-refractivity contribution in [2.75, 3.05) is 6.54 Å². The SMILES string of the molecule is Cc1cc(CNCC2Cn3nnc(C)c3CO2)oc1C. The molecule has 20 heavy (non-hydrogen) atoms. The summed E-state index contributed by atoms with van der Waals surface area (Å²) < 4.78 is 13.4. The van der Waals surface area contributed by atoms with Gasteiger partial charge in [-0.1, -0.05) is 5.21 Å². The van der Waals surface area contributed by atoms with Gasteiger partial charge >= 0.3 is 0 Å². The first-order valence-corrected chi connectivity index (χ1v) is 6.90. The van der Waals surface area contributed by atoms with Crippen molar-refractivity contribution in [3.05, 3.63) is 34.5 Å². The summed E-state index contributed by atoms with van der Waals surface area (Å²) in [6.45, 7) is 8.83. The van der Waals surface area contributed by atoms with Crippen molar-refractivity contribution >= 4 is 0 Å². The largest absolute Gasteiger partial charge is 0.465 e. The molecule has 0 saturated carbocycles. The maximum Gasteiger partial charge on any atom is 0.118 e. The molecular weight excluding hydrogens is 256 g/mol. The van der Waals surface area contributed by atoms with Gasteiger partial charge in [0.1, 0.15) is 11.5 Å². The van der Waals surface area contributed by atoms with Gasteiger partial charge in [0.2, 0.25) is 0 Å². The summed E-state index contributed by atoms with van der Waals surface area (Å²) in [6.07, 6.45) is 0.126. The van der Waals surface area contributed by atoms with Gasteiger partial charge in [-0.05, 0) is 32.4 Å². The highest BCUT2D eigenvalue weighted by atomic mass is 16.5. The highest BCUT2D eigenvalue weighted by Gasteiger charge is 2.21. The molecule has 1 aliphatic rings. The van der Waals surface area contributed by atoms with Crippen LogP contribution in [-0.2, 0) is 24.4 Å². The molecule has 3 heterocycles. The van der Waals surface area contributed by atoms with E-state index >= 15 is 0 Å². The molecule has 1 N–H and O–H groups in total. The van der Waals surface area contributed by atoms with Crippen molar-refractivity contribution < 1.29 is 9.15 Å². The molecule has 0 spiro atoms. The Hall–Kier alpha value is -1.66. The Balaban J connectivity index is 1.50. The number of nitrogens with zero attached hydrogens (tertiary/aromatic N) is 3. The van der Waals surface area contributed by atoms with Crippen LogP contribution < -0.4 is 5.32 Å². The monoisotopic (exact) mass is 276 g/mol. The minimum atomic E-state index is 0.126. The molecule has 6 nitrogen and oxygen atoms in total. The van der Waals surface area contributed by atoms with Crippen LogP contribution in [0.1, 0.15) is 28.5 Å². The topological polar surface area (TPSA) is 65.1 Å². The molecule has 2 aromatic heterocycles. The fraction of sp³-hybridized carbons (Fsp3) is 0.571. The maximum absolute atomic E-state index is 5.82. The third kappa shape index (κ3) is 2.62. The van der Waals surface area contributed by atoms with Gasteiger partial charge in [0.25, 0.3) is 0 Å². The highest BCUT2D eigenvalue weighted by molar-refractivity contribution is 5.18. The van der Waals surface area contributed by atoms with Gasteiger partial charge in [0.15, 0.2) is 0 Å². The summed E-state index contributed by atoms with van der Waals surface area (Å²) in [5.41, 5.74) is 3.23. The predicted octanol–water partition coefficient (Wildman–Crippen LogP) is 1.48. The highest BCUT2D eigenvalue weighted by Crippen LogP contribution is 2.15. The molecule has 6 heteroatoms. The number of hydrogen-bond acceptors (Lipinski definition) is 5. The summed E-state index contributed by atoms with van der Waals surface area (Å²) in [5, 5.41) is 11.6. The van der Waals surface area contributed by atoms with E-state index in [0.717, 1.165) is 42.5 Å². The number of hydrogen-bond donors (Lipinski definition) is 1. The van der Waals surface area contributed by atoms with Gasteiger partial charge in [-0.15, -0.1) is 5.10 Å². The first-order chi connectivity index (χ1) is 9.63. The van der Waals surface area contributed by atoms with E-state index in [0.29, 0.717) is 6.61 Å². The number of nitrogens with one attached hydrogen (secondary N) is 1. The number of fused-ring (bicyclic) bond motifs is 1. The normalized spacial score (nSPS) is 18.2. The van der Waals surface area contributed by atoms with Crippen LogP contribution in [-0.4, -0.2) is 27.6 Å².